The minimum atomic E-state index is 0.116. The van der Waals surface area contributed by atoms with Crippen LogP contribution in [0.3, 0.4) is 0 Å². The zero-order chi connectivity index (χ0) is 9.26. The lowest BCUT2D eigenvalue weighted by atomic mass is 10.0. The first-order valence-electron chi connectivity index (χ1n) is 4.40. The molecule has 0 saturated carbocycles. The van der Waals surface area contributed by atoms with Crippen LogP contribution in [0, 0.1) is 0 Å². The van der Waals surface area contributed by atoms with Gasteiger partial charge in [0.1, 0.15) is 0 Å². The van der Waals surface area contributed by atoms with E-state index in [-0.39, 0.29) is 6.04 Å². The molecule has 0 amide bonds. The van der Waals surface area contributed by atoms with E-state index in [4.69, 9.17) is 5.73 Å². The van der Waals surface area contributed by atoms with E-state index < -0.39 is 0 Å². The molecule has 2 nitrogen and oxygen atoms in total. The van der Waals surface area contributed by atoms with E-state index in [2.05, 4.69) is 24.0 Å². The largest absolute Gasteiger partial charge is 0.324 e. The Kier molecular flexibility index (Phi) is 2.29. The van der Waals surface area contributed by atoms with Crippen LogP contribution in [0.25, 0.3) is 10.2 Å². The zero-order valence-corrected chi connectivity index (χ0v) is 8.34. The van der Waals surface area contributed by atoms with Crippen molar-refractivity contribution in [2.75, 3.05) is 0 Å². The van der Waals surface area contributed by atoms with Gasteiger partial charge in [-0.05, 0) is 18.1 Å². The molecule has 68 valence electrons. The van der Waals surface area contributed by atoms with Gasteiger partial charge in [0.15, 0.2) is 0 Å². The van der Waals surface area contributed by atoms with Gasteiger partial charge in [-0.25, -0.2) is 4.98 Å². The van der Waals surface area contributed by atoms with E-state index in [0.29, 0.717) is 0 Å². The van der Waals surface area contributed by atoms with Crippen molar-refractivity contribution >= 4 is 21.6 Å². The second-order valence-electron chi connectivity index (χ2n) is 3.06. The lowest BCUT2D eigenvalue weighted by Gasteiger charge is -2.08. The third-order valence-corrected chi connectivity index (χ3v) is 3.03. The van der Waals surface area contributed by atoms with Crippen molar-refractivity contribution in [2.24, 2.45) is 5.73 Å². The number of hydrogen-bond acceptors (Lipinski definition) is 3. The molecule has 1 unspecified atom stereocenters. The first-order valence-corrected chi connectivity index (χ1v) is 5.28. The maximum atomic E-state index is 5.98. The smallest absolute Gasteiger partial charge is 0.0859 e. The summed E-state index contributed by atoms with van der Waals surface area (Å²) >= 11 is 1.66. The van der Waals surface area contributed by atoms with Gasteiger partial charge in [-0.3, -0.25) is 0 Å². The number of nitrogens with zero attached hydrogens (tertiary/aromatic N) is 1. The highest BCUT2D eigenvalue weighted by Crippen LogP contribution is 2.25. The highest BCUT2D eigenvalue weighted by Gasteiger charge is 2.08. The summed E-state index contributed by atoms with van der Waals surface area (Å²) in [6.07, 6.45) is 0.955. The molecule has 0 aliphatic rings. The Morgan fingerprint density at radius 3 is 3.15 bits per heavy atom. The Morgan fingerprint density at radius 1 is 1.54 bits per heavy atom. The van der Waals surface area contributed by atoms with Crippen molar-refractivity contribution in [1.29, 1.82) is 0 Å². The molecule has 0 bridgehead atoms. The number of benzene rings is 1. The van der Waals surface area contributed by atoms with Gasteiger partial charge in [0.05, 0.1) is 15.7 Å². The summed E-state index contributed by atoms with van der Waals surface area (Å²) in [6.45, 7) is 2.09. The molecule has 2 N–H and O–H groups in total. The van der Waals surface area contributed by atoms with Crippen molar-refractivity contribution in [3.8, 4) is 0 Å². The molecule has 2 rings (SSSR count). The van der Waals surface area contributed by atoms with Gasteiger partial charge in [-0.2, -0.15) is 0 Å². The Labute approximate surface area is 81.4 Å². The molecule has 1 heterocycles. The fraction of sp³-hybridized carbons (Fsp3) is 0.300. The summed E-state index contributed by atoms with van der Waals surface area (Å²) in [4.78, 5) is 4.33. The summed E-state index contributed by atoms with van der Waals surface area (Å²) in [6, 6.07) is 6.31. The fourth-order valence-electron chi connectivity index (χ4n) is 1.43. The van der Waals surface area contributed by atoms with E-state index >= 15 is 0 Å². The Balaban J connectivity index is 2.60. The molecule has 1 aromatic heterocycles. The third kappa shape index (κ3) is 1.45. The topological polar surface area (TPSA) is 38.9 Å². The van der Waals surface area contributed by atoms with Crippen LogP contribution in [0.1, 0.15) is 24.9 Å². The van der Waals surface area contributed by atoms with Gasteiger partial charge in [-0.1, -0.05) is 19.1 Å². The Morgan fingerprint density at radius 2 is 2.38 bits per heavy atom. The molecule has 2 aromatic rings. The molecule has 1 atom stereocenters. The van der Waals surface area contributed by atoms with Crippen LogP contribution in [-0.4, -0.2) is 4.98 Å². The number of rotatable bonds is 2. The highest BCUT2D eigenvalue weighted by atomic mass is 32.1. The number of aromatic nitrogens is 1. The van der Waals surface area contributed by atoms with E-state index in [9.17, 15) is 0 Å². The quantitative estimate of drug-likeness (QED) is 0.794. The minimum absolute atomic E-state index is 0.116. The van der Waals surface area contributed by atoms with Crippen LogP contribution < -0.4 is 5.73 Å². The van der Waals surface area contributed by atoms with Gasteiger partial charge < -0.3 is 5.73 Å². The SMILES string of the molecule is CCC(N)c1cccc2scnc12. The highest BCUT2D eigenvalue weighted by molar-refractivity contribution is 7.16. The summed E-state index contributed by atoms with van der Waals surface area (Å²) in [7, 11) is 0. The third-order valence-electron chi connectivity index (χ3n) is 2.23. The molecule has 1 aromatic carbocycles. The maximum absolute atomic E-state index is 5.98. The second-order valence-corrected chi connectivity index (χ2v) is 3.95. The van der Waals surface area contributed by atoms with Crippen LogP contribution in [0.5, 0.6) is 0 Å². The van der Waals surface area contributed by atoms with Crippen molar-refractivity contribution in [2.45, 2.75) is 19.4 Å². The van der Waals surface area contributed by atoms with E-state index in [1.165, 1.54) is 10.3 Å². The normalized spacial score (nSPS) is 13.4. The van der Waals surface area contributed by atoms with E-state index in [0.717, 1.165) is 11.9 Å². The first-order chi connectivity index (χ1) is 6.33. The lowest BCUT2D eigenvalue weighted by Crippen LogP contribution is -2.08. The van der Waals surface area contributed by atoms with E-state index in [1.807, 2.05) is 11.6 Å². The molecular weight excluding hydrogens is 180 g/mol. The van der Waals surface area contributed by atoms with Crippen molar-refractivity contribution in [3.05, 3.63) is 29.3 Å². The Bertz CT molecular complexity index is 408. The number of nitrogens with two attached hydrogens (primary N) is 1. The molecule has 0 aliphatic heterocycles. The molecule has 0 fully saturated rings. The zero-order valence-electron chi connectivity index (χ0n) is 7.53. The van der Waals surface area contributed by atoms with Gasteiger partial charge >= 0.3 is 0 Å². The average molecular weight is 192 g/mol. The predicted octanol–water partition coefficient (Wildman–Crippen LogP) is 2.71. The van der Waals surface area contributed by atoms with Crippen LogP contribution >= 0.6 is 11.3 Å². The Hall–Kier alpha value is -0.930. The van der Waals surface area contributed by atoms with Crippen LogP contribution in [0.15, 0.2) is 23.7 Å². The van der Waals surface area contributed by atoms with Crippen molar-refractivity contribution in [1.82, 2.24) is 4.98 Å². The number of hydrogen-bond donors (Lipinski definition) is 1. The number of fused-ring (bicyclic) bond motifs is 1. The number of para-hydroxylation sites is 1. The van der Waals surface area contributed by atoms with Gasteiger partial charge in [0.2, 0.25) is 0 Å². The standard InChI is InChI=1S/C10H12N2S/c1-2-8(11)7-4-3-5-9-10(7)12-6-13-9/h3-6,8H,2,11H2,1H3. The molecule has 0 spiro atoms. The van der Waals surface area contributed by atoms with Gasteiger partial charge in [0.25, 0.3) is 0 Å². The van der Waals surface area contributed by atoms with Crippen LogP contribution in [0.2, 0.25) is 0 Å². The van der Waals surface area contributed by atoms with Crippen LogP contribution in [-0.2, 0) is 0 Å². The molecule has 0 radical (unpaired) electrons. The molecule has 0 aliphatic carbocycles. The first kappa shape index (κ1) is 8.66. The number of thiazole rings is 1. The predicted molar refractivity (Wildman–Crippen MR) is 56.8 cm³/mol. The molecule has 0 saturated heterocycles. The summed E-state index contributed by atoms with van der Waals surface area (Å²) in [5, 5.41) is 0. The minimum Gasteiger partial charge on any atom is -0.324 e. The van der Waals surface area contributed by atoms with Crippen LogP contribution in [0.4, 0.5) is 0 Å². The maximum Gasteiger partial charge on any atom is 0.0859 e. The second kappa shape index (κ2) is 3.44. The monoisotopic (exact) mass is 192 g/mol. The summed E-state index contributed by atoms with van der Waals surface area (Å²) in [5.41, 5.74) is 10.1. The van der Waals surface area contributed by atoms with Gasteiger partial charge in [-0.15, -0.1) is 11.3 Å². The van der Waals surface area contributed by atoms with Gasteiger partial charge in [0, 0.05) is 6.04 Å². The van der Waals surface area contributed by atoms with Crippen molar-refractivity contribution in [3.63, 3.8) is 0 Å². The summed E-state index contributed by atoms with van der Waals surface area (Å²) < 4.78 is 1.22. The average Bonchev–Trinajstić information content (AvgIpc) is 2.63. The molecular formula is C10H12N2S. The lowest BCUT2D eigenvalue weighted by molar-refractivity contribution is 0.703. The van der Waals surface area contributed by atoms with Crippen molar-refractivity contribution < 1.29 is 0 Å². The van der Waals surface area contributed by atoms with E-state index in [1.54, 1.807) is 11.3 Å². The molecule has 3 heteroatoms. The fourth-order valence-corrected chi connectivity index (χ4v) is 2.14. The molecule has 13 heavy (non-hydrogen) atoms. The summed E-state index contributed by atoms with van der Waals surface area (Å²) in [5.74, 6) is 0.